The molecule has 2 aliphatic rings. The van der Waals surface area contributed by atoms with Crippen LogP contribution < -0.4 is 5.32 Å². The number of hydrogen-bond donors (Lipinski definition) is 2. The quantitative estimate of drug-likeness (QED) is 0.759. The highest BCUT2D eigenvalue weighted by molar-refractivity contribution is 5.39. The molecule has 6 nitrogen and oxygen atoms in total. The highest BCUT2D eigenvalue weighted by Gasteiger charge is 2.43. The summed E-state index contributed by atoms with van der Waals surface area (Å²) in [6.07, 6.45) is 8.34. The van der Waals surface area contributed by atoms with Crippen LogP contribution in [0.15, 0.2) is 24.8 Å². The smallest absolute Gasteiger partial charge is 0.155 e. The van der Waals surface area contributed by atoms with Crippen LogP contribution in [0.1, 0.15) is 18.5 Å². The second kappa shape index (κ2) is 4.00. The van der Waals surface area contributed by atoms with Crippen LogP contribution >= 0.6 is 0 Å². The fourth-order valence-electron chi connectivity index (χ4n) is 3.31. The van der Waals surface area contributed by atoms with Gasteiger partial charge in [-0.2, -0.15) is 0 Å². The summed E-state index contributed by atoms with van der Waals surface area (Å²) in [5.41, 5.74) is 0.777. The number of imidazole rings is 1. The second-order valence-electron chi connectivity index (χ2n) is 5.49. The molecular weight excluding hydrogens is 244 g/mol. The van der Waals surface area contributed by atoms with Gasteiger partial charge in [0.25, 0.3) is 0 Å². The molecule has 2 fully saturated rings. The van der Waals surface area contributed by atoms with Gasteiger partial charge >= 0.3 is 0 Å². The van der Waals surface area contributed by atoms with Crippen molar-refractivity contribution in [2.45, 2.75) is 30.5 Å². The highest BCUT2D eigenvalue weighted by atomic mass is 16.5. The number of nitrogens with zero attached hydrogens (tertiary/aromatic N) is 3. The van der Waals surface area contributed by atoms with E-state index in [0.29, 0.717) is 26.1 Å². The average molecular weight is 260 g/mol. The van der Waals surface area contributed by atoms with E-state index in [-0.39, 0.29) is 12.1 Å². The Bertz CT molecular complexity index is 599. The molecule has 2 N–H and O–H groups in total. The maximum absolute atomic E-state index is 11.1. The van der Waals surface area contributed by atoms with E-state index in [1.165, 1.54) is 0 Å². The monoisotopic (exact) mass is 260 g/mol. The Balaban J connectivity index is 1.78. The minimum Gasteiger partial charge on any atom is -0.383 e. The Kier molecular flexibility index (Phi) is 2.38. The minimum absolute atomic E-state index is 0.213. The second-order valence-corrected chi connectivity index (χ2v) is 5.49. The molecule has 100 valence electrons. The maximum atomic E-state index is 11.1. The van der Waals surface area contributed by atoms with Gasteiger partial charge in [0, 0.05) is 24.5 Å². The Morgan fingerprint density at radius 2 is 2.11 bits per heavy atom. The molecule has 19 heavy (non-hydrogen) atoms. The molecule has 2 unspecified atom stereocenters. The average Bonchev–Trinajstić information content (AvgIpc) is 2.82. The molecule has 6 heteroatoms. The van der Waals surface area contributed by atoms with Crippen molar-refractivity contribution in [1.29, 1.82) is 0 Å². The van der Waals surface area contributed by atoms with Gasteiger partial charge < -0.3 is 15.2 Å². The summed E-state index contributed by atoms with van der Waals surface area (Å²) in [6.45, 7) is 1.33. The van der Waals surface area contributed by atoms with E-state index in [0.717, 1.165) is 11.3 Å². The number of nitrogens with one attached hydrogen (secondary N) is 1. The minimum atomic E-state index is -0.842. The predicted octanol–water partition coefficient (Wildman–Crippen LogP) is 0.0677. The number of fused-ring (bicyclic) bond motifs is 3. The molecule has 0 radical (unpaired) electrons. The first-order valence-electron chi connectivity index (χ1n) is 6.58. The third-order valence-corrected chi connectivity index (χ3v) is 4.07. The summed E-state index contributed by atoms with van der Waals surface area (Å²) in [5.74, 6) is 0. The molecule has 0 aromatic carbocycles. The summed E-state index contributed by atoms with van der Waals surface area (Å²) in [6, 6.07) is 0.426. The Morgan fingerprint density at radius 1 is 1.32 bits per heavy atom. The molecule has 4 heterocycles. The molecule has 2 aromatic heterocycles. The molecule has 0 aliphatic carbocycles. The van der Waals surface area contributed by atoms with E-state index in [9.17, 15) is 5.11 Å². The predicted molar refractivity (Wildman–Crippen MR) is 67.6 cm³/mol. The van der Waals surface area contributed by atoms with Gasteiger partial charge in [0.15, 0.2) is 5.65 Å². The number of rotatable bonds is 1. The molecule has 0 spiro atoms. The van der Waals surface area contributed by atoms with Crippen LogP contribution in [0.5, 0.6) is 0 Å². The van der Waals surface area contributed by atoms with Gasteiger partial charge in [-0.05, 0) is 12.8 Å². The third kappa shape index (κ3) is 1.75. The van der Waals surface area contributed by atoms with Crippen LogP contribution in [0.25, 0.3) is 5.65 Å². The van der Waals surface area contributed by atoms with Crippen molar-refractivity contribution in [2.24, 2.45) is 0 Å². The van der Waals surface area contributed by atoms with Crippen molar-refractivity contribution >= 4 is 5.65 Å². The fourth-order valence-corrected chi connectivity index (χ4v) is 3.31. The summed E-state index contributed by atoms with van der Waals surface area (Å²) in [4.78, 5) is 8.38. The normalized spacial score (nSPS) is 34.6. The first-order chi connectivity index (χ1) is 9.24. The molecule has 2 aliphatic heterocycles. The van der Waals surface area contributed by atoms with E-state index in [1.807, 2.05) is 10.6 Å². The van der Waals surface area contributed by atoms with Crippen LogP contribution in [0.2, 0.25) is 0 Å². The lowest BCUT2D eigenvalue weighted by Gasteiger charge is -2.44. The molecule has 2 atom stereocenters. The summed E-state index contributed by atoms with van der Waals surface area (Å²) in [7, 11) is 0. The molecular formula is C13H16N4O2. The summed E-state index contributed by atoms with van der Waals surface area (Å²) < 4.78 is 7.45. The lowest BCUT2D eigenvalue weighted by molar-refractivity contribution is -0.0827. The van der Waals surface area contributed by atoms with E-state index >= 15 is 0 Å². The van der Waals surface area contributed by atoms with Crippen LogP contribution in [-0.4, -0.2) is 44.8 Å². The van der Waals surface area contributed by atoms with E-state index in [4.69, 9.17) is 4.74 Å². The van der Waals surface area contributed by atoms with Gasteiger partial charge in [-0.15, -0.1) is 0 Å². The van der Waals surface area contributed by atoms with Crippen molar-refractivity contribution in [2.75, 3.05) is 13.2 Å². The zero-order valence-electron chi connectivity index (χ0n) is 10.5. The first-order valence-corrected chi connectivity index (χ1v) is 6.58. The fraction of sp³-hybridized carbons (Fsp3) is 0.538. The van der Waals surface area contributed by atoms with Crippen molar-refractivity contribution < 1.29 is 9.84 Å². The zero-order chi connectivity index (χ0) is 12.9. The van der Waals surface area contributed by atoms with Crippen LogP contribution in [0, 0.1) is 0 Å². The zero-order valence-corrected chi connectivity index (χ0v) is 10.5. The van der Waals surface area contributed by atoms with E-state index < -0.39 is 5.60 Å². The van der Waals surface area contributed by atoms with Crippen molar-refractivity contribution in [3.63, 3.8) is 0 Å². The number of aliphatic hydroxyl groups is 1. The van der Waals surface area contributed by atoms with E-state index in [2.05, 4.69) is 15.3 Å². The standard InChI is InChI=1S/C13H16N4O2/c18-13(3-9-7-19-8-10(4-13)16-9)11-5-15-12-6-14-1-2-17(11)12/h1-2,5-6,9-10,16,18H,3-4,7-8H2. The highest BCUT2D eigenvalue weighted by Crippen LogP contribution is 2.36. The molecule has 2 bridgehead atoms. The van der Waals surface area contributed by atoms with Gasteiger partial charge in [-0.3, -0.25) is 9.38 Å². The number of hydrogen-bond acceptors (Lipinski definition) is 5. The Hall–Kier alpha value is -1.50. The summed E-state index contributed by atoms with van der Waals surface area (Å²) >= 11 is 0. The largest absolute Gasteiger partial charge is 0.383 e. The van der Waals surface area contributed by atoms with Gasteiger partial charge in [0.05, 0.1) is 31.3 Å². The molecule has 2 aromatic rings. The number of morpholine rings is 1. The number of ether oxygens (including phenoxy) is 1. The van der Waals surface area contributed by atoms with Crippen molar-refractivity contribution in [3.8, 4) is 0 Å². The van der Waals surface area contributed by atoms with Gasteiger partial charge in [-0.1, -0.05) is 0 Å². The topological polar surface area (TPSA) is 71.7 Å². The Labute approximate surface area is 110 Å². The molecule has 0 amide bonds. The number of aromatic nitrogens is 3. The van der Waals surface area contributed by atoms with Crippen LogP contribution in [0.4, 0.5) is 0 Å². The Morgan fingerprint density at radius 3 is 2.89 bits per heavy atom. The maximum Gasteiger partial charge on any atom is 0.155 e. The lowest BCUT2D eigenvalue weighted by atomic mass is 9.81. The van der Waals surface area contributed by atoms with Gasteiger partial charge in [-0.25, -0.2) is 4.98 Å². The molecule has 0 saturated carbocycles. The SMILES string of the molecule is OC1(c2cnc3cnccn23)CC2COCC(C1)N2. The third-order valence-electron chi connectivity index (χ3n) is 4.07. The number of piperidine rings is 1. The molecule has 4 rings (SSSR count). The first kappa shape index (κ1) is 11.3. The van der Waals surface area contributed by atoms with Gasteiger partial charge in [0.1, 0.15) is 5.60 Å². The van der Waals surface area contributed by atoms with Crippen molar-refractivity contribution in [1.82, 2.24) is 19.7 Å². The van der Waals surface area contributed by atoms with Gasteiger partial charge in [0.2, 0.25) is 0 Å². The van der Waals surface area contributed by atoms with Crippen LogP contribution in [-0.2, 0) is 10.3 Å². The molecule has 2 saturated heterocycles. The lowest BCUT2D eigenvalue weighted by Crippen LogP contribution is -2.58. The summed E-state index contributed by atoms with van der Waals surface area (Å²) in [5, 5.41) is 14.5. The van der Waals surface area contributed by atoms with E-state index in [1.54, 1.807) is 18.6 Å². The van der Waals surface area contributed by atoms with Crippen molar-refractivity contribution in [3.05, 3.63) is 30.5 Å². The van der Waals surface area contributed by atoms with Crippen LogP contribution in [0.3, 0.4) is 0 Å².